The lowest BCUT2D eigenvalue weighted by atomic mass is 10.2. The van der Waals surface area contributed by atoms with E-state index in [9.17, 15) is 0 Å². The molecule has 0 bridgehead atoms. The molecule has 2 nitrogen and oxygen atoms in total. The highest BCUT2D eigenvalue weighted by molar-refractivity contribution is 5.58. The van der Waals surface area contributed by atoms with Gasteiger partial charge in [-0.1, -0.05) is 30.3 Å². The van der Waals surface area contributed by atoms with Crippen molar-refractivity contribution in [2.45, 2.75) is 6.92 Å². The van der Waals surface area contributed by atoms with E-state index in [1.54, 1.807) is 0 Å². The minimum Gasteiger partial charge on any atom is -0.331 e. The van der Waals surface area contributed by atoms with Crippen LogP contribution >= 0.6 is 0 Å². The van der Waals surface area contributed by atoms with Crippen LogP contribution in [0.1, 0.15) is 5.82 Å². The Morgan fingerprint density at radius 3 is 2.38 bits per heavy atom. The Kier molecular flexibility index (Phi) is 1.89. The van der Waals surface area contributed by atoms with Crippen molar-refractivity contribution in [2.75, 3.05) is 0 Å². The molecule has 0 saturated heterocycles. The summed E-state index contributed by atoms with van der Waals surface area (Å²) in [5, 5.41) is 0. The van der Waals surface area contributed by atoms with Gasteiger partial charge in [0.25, 0.3) is 0 Å². The molecule has 0 radical (unpaired) electrons. The first kappa shape index (κ1) is 8.05. The molecule has 2 heteroatoms. The van der Waals surface area contributed by atoms with Crippen LogP contribution in [0.4, 0.5) is 0 Å². The maximum absolute atomic E-state index is 4.26. The zero-order chi connectivity index (χ0) is 9.26. The van der Waals surface area contributed by atoms with Crippen molar-refractivity contribution in [3.63, 3.8) is 0 Å². The molecule has 0 unspecified atom stereocenters. The second-order valence-corrected chi connectivity index (χ2v) is 3.12. The molecule has 0 fully saturated rings. The molecular formula is C11H12N2. The van der Waals surface area contributed by atoms with Crippen molar-refractivity contribution in [1.29, 1.82) is 0 Å². The average molecular weight is 172 g/mol. The topological polar surface area (TPSA) is 17.8 Å². The highest BCUT2D eigenvalue weighted by Crippen LogP contribution is 2.18. The molecule has 0 aliphatic heterocycles. The van der Waals surface area contributed by atoms with Gasteiger partial charge in [0, 0.05) is 7.05 Å². The predicted octanol–water partition coefficient (Wildman–Crippen LogP) is 2.40. The van der Waals surface area contributed by atoms with Crippen molar-refractivity contribution in [2.24, 2.45) is 7.05 Å². The summed E-state index contributed by atoms with van der Waals surface area (Å²) in [4.78, 5) is 4.26. The molecule has 2 rings (SSSR count). The molecule has 66 valence electrons. The molecule has 0 saturated carbocycles. The van der Waals surface area contributed by atoms with Gasteiger partial charge in [0.1, 0.15) is 5.82 Å². The van der Waals surface area contributed by atoms with Crippen LogP contribution in [-0.4, -0.2) is 9.55 Å². The third-order valence-electron chi connectivity index (χ3n) is 2.29. The summed E-state index contributed by atoms with van der Waals surface area (Å²) in [5.74, 6) is 1.04. The fourth-order valence-electron chi connectivity index (χ4n) is 1.38. The van der Waals surface area contributed by atoms with Gasteiger partial charge in [-0.3, -0.25) is 0 Å². The van der Waals surface area contributed by atoms with E-state index in [2.05, 4.69) is 21.7 Å². The first-order chi connectivity index (χ1) is 6.29. The van der Waals surface area contributed by atoms with Gasteiger partial charge < -0.3 is 4.57 Å². The largest absolute Gasteiger partial charge is 0.331 e. The molecule has 13 heavy (non-hydrogen) atoms. The van der Waals surface area contributed by atoms with Gasteiger partial charge in [-0.05, 0) is 12.5 Å². The normalized spacial score (nSPS) is 10.3. The number of hydrogen-bond acceptors (Lipinski definition) is 1. The van der Waals surface area contributed by atoms with E-state index < -0.39 is 0 Å². The number of benzene rings is 1. The summed E-state index contributed by atoms with van der Waals surface area (Å²) in [5.41, 5.74) is 2.38. The molecule has 0 N–H and O–H groups in total. The standard InChI is InChI=1S/C11H12N2/c1-9-12-8-11(13(9)2)10-6-4-3-5-7-10/h3-8H,1-2H3. The SMILES string of the molecule is Cc1ncc(-c2ccccc2)n1C. The Balaban J connectivity index is 2.53. The van der Waals surface area contributed by atoms with Gasteiger partial charge in [0.05, 0.1) is 11.9 Å². The van der Waals surface area contributed by atoms with Crippen LogP contribution < -0.4 is 0 Å². The van der Waals surface area contributed by atoms with E-state index in [4.69, 9.17) is 0 Å². The third-order valence-corrected chi connectivity index (χ3v) is 2.29. The third kappa shape index (κ3) is 1.35. The van der Waals surface area contributed by atoms with Crippen LogP contribution in [-0.2, 0) is 7.05 Å². The molecule has 0 atom stereocenters. The Morgan fingerprint density at radius 1 is 1.15 bits per heavy atom. The van der Waals surface area contributed by atoms with Gasteiger partial charge in [-0.15, -0.1) is 0 Å². The monoisotopic (exact) mass is 172 g/mol. The van der Waals surface area contributed by atoms with Crippen LogP contribution in [0.5, 0.6) is 0 Å². The van der Waals surface area contributed by atoms with Crippen LogP contribution in [0.2, 0.25) is 0 Å². The van der Waals surface area contributed by atoms with E-state index in [0.29, 0.717) is 0 Å². The molecule has 1 aromatic heterocycles. The quantitative estimate of drug-likeness (QED) is 0.645. The maximum atomic E-state index is 4.26. The lowest BCUT2D eigenvalue weighted by molar-refractivity contribution is 0.865. The number of rotatable bonds is 1. The second kappa shape index (κ2) is 3.05. The smallest absolute Gasteiger partial charge is 0.105 e. The minimum atomic E-state index is 1.04. The summed E-state index contributed by atoms with van der Waals surface area (Å²) >= 11 is 0. The summed E-state index contributed by atoms with van der Waals surface area (Å²) in [6.07, 6.45) is 1.91. The maximum Gasteiger partial charge on any atom is 0.105 e. The van der Waals surface area contributed by atoms with Gasteiger partial charge in [0.15, 0.2) is 0 Å². The van der Waals surface area contributed by atoms with Gasteiger partial charge in [0.2, 0.25) is 0 Å². The number of aryl methyl sites for hydroxylation is 1. The summed E-state index contributed by atoms with van der Waals surface area (Å²) in [6.45, 7) is 2.01. The van der Waals surface area contributed by atoms with E-state index in [-0.39, 0.29) is 0 Å². The van der Waals surface area contributed by atoms with E-state index in [1.165, 1.54) is 5.56 Å². The fraction of sp³-hybridized carbons (Fsp3) is 0.182. The molecule has 2 aromatic rings. The molecule has 0 aliphatic rings. The summed E-state index contributed by atoms with van der Waals surface area (Å²) in [6, 6.07) is 10.3. The average Bonchev–Trinajstić information content (AvgIpc) is 2.49. The fourth-order valence-corrected chi connectivity index (χ4v) is 1.38. The number of hydrogen-bond donors (Lipinski definition) is 0. The molecule has 0 aliphatic carbocycles. The second-order valence-electron chi connectivity index (χ2n) is 3.12. The molecule has 1 aromatic carbocycles. The molecule has 0 amide bonds. The van der Waals surface area contributed by atoms with Gasteiger partial charge in [-0.2, -0.15) is 0 Å². The number of aromatic nitrogens is 2. The first-order valence-electron chi connectivity index (χ1n) is 4.33. The zero-order valence-electron chi connectivity index (χ0n) is 7.86. The van der Waals surface area contributed by atoms with Crippen molar-refractivity contribution >= 4 is 0 Å². The van der Waals surface area contributed by atoms with Crippen molar-refractivity contribution in [3.05, 3.63) is 42.4 Å². The summed E-state index contributed by atoms with van der Waals surface area (Å²) in [7, 11) is 2.03. The Bertz CT molecular complexity index is 401. The van der Waals surface area contributed by atoms with E-state index >= 15 is 0 Å². The van der Waals surface area contributed by atoms with Crippen LogP contribution in [0.25, 0.3) is 11.3 Å². The summed E-state index contributed by atoms with van der Waals surface area (Å²) < 4.78 is 2.09. The van der Waals surface area contributed by atoms with Gasteiger partial charge >= 0.3 is 0 Å². The number of imidazole rings is 1. The van der Waals surface area contributed by atoms with E-state index in [1.807, 2.05) is 38.4 Å². The molecule has 1 heterocycles. The van der Waals surface area contributed by atoms with Crippen molar-refractivity contribution in [1.82, 2.24) is 9.55 Å². The highest BCUT2D eigenvalue weighted by Gasteiger charge is 2.03. The zero-order valence-corrected chi connectivity index (χ0v) is 7.86. The Hall–Kier alpha value is -1.57. The van der Waals surface area contributed by atoms with Crippen LogP contribution in [0, 0.1) is 6.92 Å². The van der Waals surface area contributed by atoms with Gasteiger partial charge in [-0.25, -0.2) is 4.98 Å². The number of nitrogens with zero attached hydrogens (tertiary/aromatic N) is 2. The predicted molar refractivity (Wildman–Crippen MR) is 53.4 cm³/mol. The van der Waals surface area contributed by atoms with Crippen LogP contribution in [0.15, 0.2) is 36.5 Å². The van der Waals surface area contributed by atoms with Crippen molar-refractivity contribution in [3.8, 4) is 11.3 Å². The lowest BCUT2D eigenvalue weighted by Crippen LogP contribution is -1.93. The van der Waals surface area contributed by atoms with E-state index in [0.717, 1.165) is 11.5 Å². The minimum absolute atomic E-state index is 1.04. The molecular weight excluding hydrogens is 160 g/mol. The van der Waals surface area contributed by atoms with Crippen LogP contribution in [0.3, 0.4) is 0 Å². The Labute approximate surface area is 77.9 Å². The Morgan fingerprint density at radius 2 is 1.85 bits per heavy atom. The first-order valence-corrected chi connectivity index (χ1v) is 4.33. The molecule has 0 spiro atoms. The highest BCUT2D eigenvalue weighted by atomic mass is 15.0. The lowest BCUT2D eigenvalue weighted by Gasteiger charge is -2.02. The van der Waals surface area contributed by atoms with Crippen molar-refractivity contribution < 1.29 is 0 Å².